The van der Waals surface area contributed by atoms with Crippen LogP contribution >= 0.6 is 23.5 Å². The van der Waals surface area contributed by atoms with Crippen molar-refractivity contribution >= 4 is 46.7 Å². The summed E-state index contributed by atoms with van der Waals surface area (Å²) in [5, 5.41) is -0.0905. The Bertz CT molecular complexity index is 1130. The maximum absolute atomic E-state index is 12.8. The van der Waals surface area contributed by atoms with Crippen LogP contribution < -0.4 is 9.80 Å². The molecule has 4 nitrogen and oxygen atoms in total. The van der Waals surface area contributed by atoms with Crippen LogP contribution in [0.5, 0.6) is 0 Å². The van der Waals surface area contributed by atoms with Crippen molar-refractivity contribution in [2.75, 3.05) is 21.3 Å². The third-order valence-corrected chi connectivity index (χ3v) is 8.64. The van der Waals surface area contributed by atoms with Crippen molar-refractivity contribution in [2.24, 2.45) is 0 Å². The number of carbonyl (C=O) groups excluding carboxylic acids is 2. The zero-order chi connectivity index (χ0) is 24.0. The van der Waals surface area contributed by atoms with Gasteiger partial charge in [0.25, 0.3) is 0 Å². The highest BCUT2D eigenvalue weighted by Gasteiger charge is 2.36. The molecule has 2 saturated heterocycles. The van der Waals surface area contributed by atoms with E-state index in [2.05, 4.69) is 88.4 Å². The molecule has 0 radical (unpaired) electrons. The summed E-state index contributed by atoms with van der Waals surface area (Å²) >= 11 is 3.33. The van der Waals surface area contributed by atoms with Gasteiger partial charge in [-0.2, -0.15) is 0 Å². The molecular formula is C28H28N2O2S2. The summed E-state index contributed by atoms with van der Waals surface area (Å²) in [5.74, 6) is 1.24. The van der Waals surface area contributed by atoms with Crippen LogP contribution in [-0.4, -0.2) is 23.3 Å². The second-order valence-electron chi connectivity index (χ2n) is 9.21. The van der Waals surface area contributed by atoms with Gasteiger partial charge in [0.05, 0.1) is 11.5 Å². The Morgan fingerprint density at radius 1 is 0.588 bits per heavy atom. The summed E-state index contributed by atoms with van der Waals surface area (Å²) in [6.07, 6.45) is 0. The van der Waals surface area contributed by atoms with E-state index in [1.165, 1.54) is 0 Å². The maximum atomic E-state index is 12.8. The highest BCUT2D eigenvalue weighted by atomic mass is 32.2. The van der Waals surface area contributed by atoms with Gasteiger partial charge in [-0.3, -0.25) is 19.4 Å². The lowest BCUT2D eigenvalue weighted by atomic mass is 10.1. The zero-order valence-corrected chi connectivity index (χ0v) is 21.5. The Labute approximate surface area is 209 Å². The second-order valence-corrected chi connectivity index (χ2v) is 11.3. The van der Waals surface area contributed by atoms with Gasteiger partial charge in [0.1, 0.15) is 10.7 Å². The monoisotopic (exact) mass is 488 g/mol. The lowest BCUT2D eigenvalue weighted by Gasteiger charge is -2.27. The van der Waals surface area contributed by atoms with Crippen LogP contribution in [-0.2, 0) is 9.59 Å². The number of rotatable bonds is 4. The van der Waals surface area contributed by atoms with Crippen LogP contribution in [0.2, 0.25) is 0 Å². The lowest BCUT2D eigenvalue weighted by molar-refractivity contribution is -0.116. The number of hydrogen-bond acceptors (Lipinski definition) is 4. The third kappa shape index (κ3) is 4.37. The van der Waals surface area contributed by atoms with Crippen molar-refractivity contribution in [3.05, 3.63) is 94.0 Å². The molecule has 0 aromatic heterocycles. The average molecular weight is 489 g/mol. The fourth-order valence-corrected chi connectivity index (χ4v) is 7.26. The van der Waals surface area contributed by atoms with E-state index in [-0.39, 0.29) is 22.6 Å². The third-order valence-electron chi connectivity index (χ3n) is 6.21. The number of thioether (sulfide) groups is 2. The lowest BCUT2D eigenvalue weighted by Crippen LogP contribution is -2.28. The van der Waals surface area contributed by atoms with Crippen molar-refractivity contribution in [3.63, 3.8) is 0 Å². The van der Waals surface area contributed by atoms with E-state index in [9.17, 15) is 9.59 Å². The van der Waals surface area contributed by atoms with Gasteiger partial charge in [-0.15, -0.1) is 23.5 Å². The number of benzene rings is 3. The Morgan fingerprint density at radius 3 is 1.24 bits per heavy atom. The summed E-state index contributed by atoms with van der Waals surface area (Å²) < 4.78 is 0. The predicted octanol–water partition coefficient (Wildman–Crippen LogP) is 6.48. The topological polar surface area (TPSA) is 40.6 Å². The van der Waals surface area contributed by atoms with Crippen LogP contribution in [0.1, 0.15) is 44.1 Å². The van der Waals surface area contributed by atoms with Gasteiger partial charge in [0, 0.05) is 11.4 Å². The van der Waals surface area contributed by atoms with Crippen LogP contribution in [0.25, 0.3) is 0 Å². The molecule has 3 aromatic carbocycles. The number of carbonyl (C=O) groups is 2. The first-order chi connectivity index (χ1) is 16.3. The molecule has 0 saturated carbocycles. The van der Waals surface area contributed by atoms with Crippen LogP contribution in [0.15, 0.2) is 60.7 Å². The zero-order valence-electron chi connectivity index (χ0n) is 19.9. The van der Waals surface area contributed by atoms with Gasteiger partial charge in [-0.05, 0) is 85.3 Å². The Hall–Kier alpha value is -2.70. The van der Waals surface area contributed by atoms with Gasteiger partial charge in [0.2, 0.25) is 11.8 Å². The van der Waals surface area contributed by atoms with E-state index < -0.39 is 0 Å². The maximum Gasteiger partial charge on any atom is 0.238 e. The molecule has 3 aromatic rings. The van der Waals surface area contributed by atoms with Gasteiger partial charge >= 0.3 is 0 Å². The number of amides is 2. The van der Waals surface area contributed by atoms with E-state index in [1.807, 2.05) is 9.80 Å². The molecule has 6 heteroatoms. The Morgan fingerprint density at radius 2 is 0.912 bits per heavy atom. The highest BCUT2D eigenvalue weighted by Crippen LogP contribution is 2.45. The molecule has 174 valence electrons. The molecule has 2 atom stereocenters. The first-order valence-corrected chi connectivity index (χ1v) is 13.5. The van der Waals surface area contributed by atoms with Crippen molar-refractivity contribution in [1.82, 2.24) is 0 Å². The number of anilines is 2. The fourth-order valence-electron chi connectivity index (χ4n) is 4.90. The molecule has 0 aliphatic carbocycles. The number of nitrogens with zero attached hydrogens (tertiary/aromatic N) is 2. The van der Waals surface area contributed by atoms with Gasteiger partial charge in [-0.1, -0.05) is 36.4 Å². The predicted molar refractivity (Wildman–Crippen MR) is 144 cm³/mol. The van der Waals surface area contributed by atoms with E-state index in [0.29, 0.717) is 11.5 Å². The van der Waals surface area contributed by atoms with Crippen molar-refractivity contribution in [2.45, 2.75) is 38.4 Å². The van der Waals surface area contributed by atoms with Gasteiger partial charge < -0.3 is 0 Å². The Kier molecular flexibility index (Phi) is 6.21. The van der Waals surface area contributed by atoms with Gasteiger partial charge in [-0.25, -0.2) is 0 Å². The average Bonchev–Trinajstić information content (AvgIpc) is 3.35. The molecule has 0 spiro atoms. The van der Waals surface area contributed by atoms with Crippen LogP contribution in [0.3, 0.4) is 0 Å². The molecule has 0 bridgehead atoms. The number of aryl methyl sites for hydroxylation is 4. The SMILES string of the molecule is Cc1cc(C)cc(N2C(=O)CSC2c2ccc(C3SCC(=O)N3c3cc(C)cc(C)c3)cc2)c1. The van der Waals surface area contributed by atoms with E-state index >= 15 is 0 Å². The summed E-state index contributed by atoms with van der Waals surface area (Å²) in [6.45, 7) is 8.26. The van der Waals surface area contributed by atoms with E-state index in [1.54, 1.807) is 23.5 Å². The largest absolute Gasteiger partial charge is 0.295 e. The van der Waals surface area contributed by atoms with Crippen molar-refractivity contribution < 1.29 is 9.59 Å². The molecule has 5 rings (SSSR count). The first-order valence-electron chi connectivity index (χ1n) is 11.4. The Balaban J connectivity index is 1.44. The normalized spacial score (nSPS) is 20.5. The summed E-state index contributed by atoms with van der Waals surface area (Å²) in [7, 11) is 0. The minimum absolute atomic E-state index is 0.0452. The second kappa shape index (κ2) is 9.16. The molecule has 0 N–H and O–H groups in total. The molecule has 2 heterocycles. The standard InChI is InChI=1S/C28H28N2O2S2/c1-17-9-18(2)12-23(11-17)29-25(31)15-33-27(29)21-5-7-22(8-6-21)28-30(26(32)16-34-28)24-13-19(3)10-20(4)14-24/h5-14,27-28H,15-16H2,1-4H3. The minimum Gasteiger partial charge on any atom is -0.295 e. The smallest absolute Gasteiger partial charge is 0.238 e. The number of hydrogen-bond donors (Lipinski definition) is 0. The van der Waals surface area contributed by atoms with Crippen molar-refractivity contribution in [3.8, 4) is 0 Å². The van der Waals surface area contributed by atoms with Gasteiger partial charge in [0.15, 0.2) is 0 Å². The molecule has 2 amide bonds. The summed E-state index contributed by atoms with van der Waals surface area (Å²) in [4.78, 5) is 29.5. The van der Waals surface area contributed by atoms with E-state index in [0.717, 1.165) is 44.8 Å². The molecule has 2 unspecified atom stereocenters. The highest BCUT2D eigenvalue weighted by molar-refractivity contribution is 8.01. The quantitative estimate of drug-likeness (QED) is 0.422. The molecule has 2 aliphatic heterocycles. The molecule has 2 aliphatic rings. The summed E-state index contributed by atoms with van der Waals surface area (Å²) in [6, 6.07) is 21.1. The van der Waals surface area contributed by atoms with E-state index in [4.69, 9.17) is 0 Å². The molecule has 2 fully saturated rings. The first kappa shape index (κ1) is 23.1. The minimum atomic E-state index is -0.0452. The molecular weight excluding hydrogens is 460 g/mol. The van der Waals surface area contributed by atoms with Crippen LogP contribution in [0.4, 0.5) is 11.4 Å². The van der Waals surface area contributed by atoms with Crippen molar-refractivity contribution in [1.29, 1.82) is 0 Å². The van der Waals surface area contributed by atoms with Crippen LogP contribution in [0, 0.1) is 27.7 Å². The molecule has 34 heavy (non-hydrogen) atoms. The summed E-state index contributed by atoms with van der Waals surface area (Å²) in [5.41, 5.74) is 8.74. The fraction of sp³-hybridized carbons (Fsp3) is 0.286.